The Kier molecular flexibility index (Phi) is 4.88. The Hall–Kier alpha value is -2.90. The number of anilines is 1. The van der Waals surface area contributed by atoms with Gasteiger partial charge in [-0.1, -0.05) is 18.2 Å². The molecule has 0 radical (unpaired) electrons. The number of morpholine rings is 1. The fraction of sp³-hybridized carbons (Fsp3) is 0.440. The fourth-order valence-electron chi connectivity index (χ4n) is 5.41. The zero-order valence-corrected chi connectivity index (χ0v) is 18.2. The second kappa shape index (κ2) is 7.90. The number of piperidine rings is 1. The second-order valence-electron chi connectivity index (χ2n) is 8.91. The minimum Gasteiger partial charge on any atom is -0.378 e. The Labute approximate surface area is 187 Å². The molecule has 1 aromatic carbocycles. The van der Waals surface area contributed by atoms with Gasteiger partial charge in [0, 0.05) is 43.3 Å². The Bertz CT molecular complexity index is 1130. The monoisotopic (exact) mass is 432 g/mol. The molecule has 0 aliphatic carbocycles. The predicted molar refractivity (Wildman–Crippen MR) is 122 cm³/mol. The van der Waals surface area contributed by atoms with Crippen LogP contribution >= 0.6 is 0 Å². The number of ether oxygens (including phenoxy) is 2. The third-order valence-electron chi connectivity index (χ3n) is 7.19. The van der Waals surface area contributed by atoms with Crippen molar-refractivity contribution in [1.29, 1.82) is 0 Å². The molecule has 0 saturated carbocycles. The summed E-state index contributed by atoms with van der Waals surface area (Å²) in [5.74, 6) is 0.956. The van der Waals surface area contributed by atoms with Crippen LogP contribution in [-0.4, -0.2) is 66.8 Å². The first-order chi connectivity index (χ1) is 15.7. The van der Waals surface area contributed by atoms with Gasteiger partial charge in [-0.3, -0.25) is 4.79 Å². The van der Waals surface area contributed by atoms with E-state index in [1.54, 1.807) is 6.20 Å². The van der Waals surface area contributed by atoms with E-state index >= 15 is 0 Å². The van der Waals surface area contributed by atoms with Gasteiger partial charge < -0.3 is 24.3 Å². The zero-order valence-electron chi connectivity index (χ0n) is 18.2. The molecule has 2 fully saturated rings. The lowest BCUT2D eigenvalue weighted by Crippen LogP contribution is -2.48. The van der Waals surface area contributed by atoms with Crippen LogP contribution in [0.25, 0.3) is 10.9 Å². The molecular weight excluding hydrogens is 404 g/mol. The highest BCUT2D eigenvalue weighted by Gasteiger charge is 2.43. The summed E-state index contributed by atoms with van der Waals surface area (Å²) in [5.41, 5.74) is 4.10. The predicted octanol–water partition coefficient (Wildman–Crippen LogP) is 3.10. The summed E-state index contributed by atoms with van der Waals surface area (Å²) in [4.78, 5) is 25.5. The molecule has 6 rings (SSSR count). The topological polar surface area (TPSA) is 70.7 Å². The molecule has 2 aromatic heterocycles. The molecule has 1 N–H and O–H groups in total. The van der Waals surface area contributed by atoms with Gasteiger partial charge in [0.2, 0.25) is 0 Å². The molecule has 1 amide bonds. The number of amides is 1. The Morgan fingerprint density at radius 1 is 1.00 bits per heavy atom. The number of pyridine rings is 1. The minimum absolute atomic E-state index is 0.0496. The Morgan fingerprint density at radius 2 is 1.81 bits per heavy atom. The number of hydrogen-bond donors (Lipinski definition) is 1. The molecule has 0 bridgehead atoms. The van der Waals surface area contributed by atoms with Gasteiger partial charge in [0.1, 0.15) is 11.4 Å². The molecule has 7 nitrogen and oxygen atoms in total. The van der Waals surface area contributed by atoms with Crippen LogP contribution in [0.1, 0.15) is 34.5 Å². The van der Waals surface area contributed by atoms with Crippen LogP contribution in [0.15, 0.2) is 42.6 Å². The molecule has 5 heterocycles. The first-order valence-corrected chi connectivity index (χ1v) is 11.6. The normalized spacial score (nSPS) is 20.5. The largest absolute Gasteiger partial charge is 0.378 e. The molecule has 3 aliphatic rings. The van der Waals surface area contributed by atoms with Crippen LogP contribution in [0.2, 0.25) is 0 Å². The summed E-state index contributed by atoms with van der Waals surface area (Å²) in [6.45, 7) is 5.21. The summed E-state index contributed by atoms with van der Waals surface area (Å²) < 4.78 is 11.8. The number of rotatable bonds is 2. The van der Waals surface area contributed by atoms with Crippen LogP contribution in [0, 0.1) is 0 Å². The van der Waals surface area contributed by atoms with Crippen molar-refractivity contribution in [1.82, 2.24) is 14.9 Å². The van der Waals surface area contributed by atoms with Crippen molar-refractivity contribution in [3.05, 3.63) is 59.4 Å². The van der Waals surface area contributed by atoms with E-state index in [0.717, 1.165) is 58.0 Å². The van der Waals surface area contributed by atoms with Gasteiger partial charge in [0.15, 0.2) is 0 Å². The van der Waals surface area contributed by atoms with Gasteiger partial charge in [0.05, 0.1) is 31.1 Å². The van der Waals surface area contributed by atoms with Crippen molar-refractivity contribution >= 4 is 22.6 Å². The number of likely N-dealkylation sites (tertiary alicyclic amines) is 1. The average Bonchev–Trinajstić information content (AvgIpc) is 3.25. The van der Waals surface area contributed by atoms with Crippen molar-refractivity contribution in [2.24, 2.45) is 0 Å². The van der Waals surface area contributed by atoms with Gasteiger partial charge >= 0.3 is 0 Å². The number of carbonyl (C=O) groups is 1. The summed E-state index contributed by atoms with van der Waals surface area (Å²) in [5, 5.41) is 1.30. The highest BCUT2D eigenvalue weighted by Crippen LogP contribution is 2.43. The molecule has 3 aromatic rings. The standard InChI is InChI=1S/C25H28N4O3/c30-24(18-5-6-22(26-17-18)28-12-15-31-16-13-28)29-10-8-25(9-11-29)23-20(7-14-32-25)19-3-1-2-4-21(19)27-23/h1-6,17,27H,7-16H2. The average molecular weight is 433 g/mol. The molecule has 166 valence electrons. The van der Waals surface area contributed by atoms with Crippen molar-refractivity contribution in [2.45, 2.75) is 24.9 Å². The lowest BCUT2D eigenvalue weighted by atomic mass is 9.83. The first-order valence-electron chi connectivity index (χ1n) is 11.6. The van der Waals surface area contributed by atoms with Gasteiger partial charge in [-0.25, -0.2) is 4.98 Å². The van der Waals surface area contributed by atoms with Crippen LogP contribution in [0.3, 0.4) is 0 Å². The number of fused-ring (bicyclic) bond motifs is 4. The van der Waals surface area contributed by atoms with Crippen molar-refractivity contribution in [3.63, 3.8) is 0 Å². The number of H-pyrrole nitrogens is 1. The SMILES string of the molecule is O=C(c1ccc(N2CCOCC2)nc1)N1CCC2(CC1)OCCc1c2[nH]c2ccccc12. The fourth-order valence-corrected chi connectivity index (χ4v) is 5.41. The number of aromatic nitrogens is 2. The van der Waals surface area contributed by atoms with E-state index in [9.17, 15) is 4.79 Å². The molecule has 7 heteroatoms. The molecule has 2 saturated heterocycles. The number of nitrogens with one attached hydrogen (secondary N) is 1. The highest BCUT2D eigenvalue weighted by atomic mass is 16.5. The van der Waals surface area contributed by atoms with Gasteiger partial charge in [-0.05, 0) is 43.0 Å². The summed E-state index contributed by atoms with van der Waals surface area (Å²) >= 11 is 0. The maximum atomic E-state index is 13.1. The maximum Gasteiger partial charge on any atom is 0.255 e. The van der Waals surface area contributed by atoms with E-state index < -0.39 is 0 Å². The molecule has 3 aliphatic heterocycles. The van der Waals surface area contributed by atoms with E-state index in [0.29, 0.717) is 18.7 Å². The van der Waals surface area contributed by atoms with E-state index in [-0.39, 0.29) is 11.5 Å². The van der Waals surface area contributed by atoms with E-state index in [1.807, 2.05) is 17.0 Å². The summed E-state index contributed by atoms with van der Waals surface area (Å²) in [6.07, 6.45) is 4.25. The number of aromatic amines is 1. The number of benzene rings is 1. The number of para-hydroxylation sites is 1. The highest BCUT2D eigenvalue weighted by molar-refractivity contribution is 5.94. The summed E-state index contributed by atoms with van der Waals surface area (Å²) in [7, 11) is 0. The van der Waals surface area contributed by atoms with Crippen LogP contribution in [0.5, 0.6) is 0 Å². The molecule has 0 unspecified atom stereocenters. The molecule has 32 heavy (non-hydrogen) atoms. The van der Waals surface area contributed by atoms with Crippen LogP contribution in [0.4, 0.5) is 5.82 Å². The number of carbonyl (C=O) groups excluding carboxylic acids is 1. The summed E-state index contributed by atoms with van der Waals surface area (Å²) in [6, 6.07) is 12.3. The van der Waals surface area contributed by atoms with E-state index in [4.69, 9.17) is 9.47 Å². The Morgan fingerprint density at radius 3 is 2.59 bits per heavy atom. The smallest absolute Gasteiger partial charge is 0.255 e. The lowest BCUT2D eigenvalue weighted by Gasteiger charge is -2.43. The third-order valence-corrected chi connectivity index (χ3v) is 7.19. The van der Waals surface area contributed by atoms with Crippen molar-refractivity contribution in [2.75, 3.05) is 50.9 Å². The lowest BCUT2D eigenvalue weighted by molar-refractivity contribution is -0.0957. The van der Waals surface area contributed by atoms with Crippen LogP contribution < -0.4 is 4.90 Å². The van der Waals surface area contributed by atoms with Crippen molar-refractivity contribution < 1.29 is 14.3 Å². The molecule has 1 spiro atoms. The second-order valence-corrected chi connectivity index (χ2v) is 8.91. The first kappa shape index (κ1) is 19.8. The number of hydrogen-bond acceptors (Lipinski definition) is 5. The Balaban J connectivity index is 1.17. The third kappa shape index (κ3) is 3.27. The van der Waals surface area contributed by atoms with Crippen LogP contribution in [-0.2, 0) is 21.5 Å². The van der Waals surface area contributed by atoms with Gasteiger partial charge in [0.25, 0.3) is 5.91 Å². The molecule has 0 atom stereocenters. The zero-order chi connectivity index (χ0) is 21.5. The van der Waals surface area contributed by atoms with Gasteiger partial charge in [-0.15, -0.1) is 0 Å². The number of nitrogens with zero attached hydrogens (tertiary/aromatic N) is 3. The quantitative estimate of drug-likeness (QED) is 0.674. The molecular formula is C25H28N4O3. The van der Waals surface area contributed by atoms with Crippen molar-refractivity contribution in [3.8, 4) is 0 Å². The van der Waals surface area contributed by atoms with E-state index in [1.165, 1.54) is 22.2 Å². The van der Waals surface area contributed by atoms with Gasteiger partial charge in [-0.2, -0.15) is 0 Å². The minimum atomic E-state index is -0.318. The van der Waals surface area contributed by atoms with E-state index in [2.05, 4.69) is 39.1 Å². The maximum absolute atomic E-state index is 13.1.